The monoisotopic (exact) mass is 365 g/mol. The molecule has 2 fully saturated rings. The Kier molecular flexibility index (Phi) is 4.73. The van der Waals surface area contributed by atoms with E-state index in [0.29, 0.717) is 32.1 Å². The van der Waals surface area contributed by atoms with Crippen LogP contribution in [-0.4, -0.2) is 48.0 Å². The summed E-state index contributed by atoms with van der Waals surface area (Å²) in [5.41, 5.74) is 2.87. The fraction of sp³-hybridized carbons (Fsp3) is 0.429. The van der Waals surface area contributed by atoms with Crippen molar-refractivity contribution in [1.29, 1.82) is 0 Å². The Hall–Kier alpha value is -2.62. The highest BCUT2D eigenvalue weighted by atomic mass is 16.6. The van der Waals surface area contributed by atoms with Crippen LogP contribution in [0.4, 0.5) is 5.69 Å². The molecule has 0 aromatic carbocycles. The number of morpholine rings is 1. The van der Waals surface area contributed by atoms with Gasteiger partial charge >= 0.3 is 0 Å². The van der Waals surface area contributed by atoms with Crippen LogP contribution in [0.1, 0.15) is 30.7 Å². The molecule has 0 radical (unpaired) electrons. The third-order valence-corrected chi connectivity index (χ3v) is 5.40. The van der Waals surface area contributed by atoms with Crippen molar-refractivity contribution in [2.45, 2.75) is 31.9 Å². The molecule has 2 aromatic rings. The number of aromatic amines is 1. The number of anilines is 1. The standard InChI is InChI=1S/C21H23N3O3/c1-3-18-17(5-4-8-22-18)7-6-16-11-19(20(25)23-12-16)24-9-10-27-21(15(24)2)13-26-14-21/h4-5,8,11-12,15H,3,9-10,13-14H2,1-2H3,(H,23,25). The van der Waals surface area contributed by atoms with Gasteiger partial charge in [0.1, 0.15) is 11.3 Å². The Morgan fingerprint density at radius 3 is 3.00 bits per heavy atom. The van der Waals surface area contributed by atoms with Crippen molar-refractivity contribution in [3.8, 4) is 11.8 Å². The lowest BCUT2D eigenvalue weighted by molar-refractivity contribution is -0.228. The van der Waals surface area contributed by atoms with Crippen LogP contribution in [0.15, 0.2) is 35.4 Å². The van der Waals surface area contributed by atoms with Crippen molar-refractivity contribution in [3.63, 3.8) is 0 Å². The average Bonchev–Trinajstić information content (AvgIpc) is 2.67. The van der Waals surface area contributed by atoms with Gasteiger partial charge in [-0.3, -0.25) is 9.78 Å². The summed E-state index contributed by atoms with van der Waals surface area (Å²) in [5.74, 6) is 6.35. The van der Waals surface area contributed by atoms with Gasteiger partial charge in [-0.05, 0) is 31.5 Å². The highest BCUT2D eigenvalue weighted by Gasteiger charge is 2.50. The Bertz CT molecular complexity index is 953. The van der Waals surface area contributed by atoms with E-state index in [9.17, 15) is 4.79 Å². The average molecular weight is 365 g/mol. The molecule has 2 saturated heterocycles. The molecule has 4 rings (SSSR count). The number of ether oxygens (including phenoxy) is 2. The van der Waals surface area contributed by atoms with E-state index in [1.807, 2.05) is 18.2 Å². The van der Waals surface area contributed by atoms with Crippen molar-refractivity contribution in [1.82, 2.24) is 9.97 Å². The molecule has 1 N–H and O–H groups in total. The number of pyridine rings is 2. The molecule has 2 aromatic heterocycles. The SMILES string of the molecule is CCc1ncccc1C#Cc1c[nH]c(=O)c(N2CCOC3(COC3)C2C)c1. The summed E-state index contributed by atoms with van der Waals surface area (Å²) in [5, 5.41) is 0. The lowest BCUT2D eigenvalue weighted by atomic mass is 9.90. The third kappa shape index (κ3) is 3.25. The number of aryl methyl sites for hydroxylation is 1. The summed E-state index contributed by atoms with van der Waals surface area (Å²) in [6, 6.07) is 5.78. The van der Waals surface area contributed by atoms with Crippen LogP contribution >= 0.6 is 0 Å². The summed E-state index contributed by atoms with van der Waals surface area (Å²) in [7, 11) is 0. The first-order valence-electron chi connectivity index (χ1n) is 9.30. The first-order chi connectivity index (χ1) is 13.1. The second kappa shape index (κ2) is 7.18. The van der Waals surface area contributed by atoms with Gasteiger partial charge in [0.25, 0.3) is 5.56 Å². The van der Waals surface area contributed by atoms with Crippen LogP contribution in [0.2, 0.25) is 0 Å². The van der Waals surface area contributed by atoms with E-state index in [2.05, 4.69) is 40.6 Å². The molecule has 0 saturated carbocycles. The van der Waals surface area contributed by atoms with Crippen molar-refractivity contribution >= 4 is 5.69 Å². The van der Waals surface area contributed by atoms with Gasteiger partial charge in [0.05, 0.1) is 31.6 Å². The number of hydrogen-bond acceptors (Lipinski definition) is 5. The zero-order chi connectivity index (χ0) is 18.9. The first kappa shape index (κ1) is 17.8. The van der Waals surface area contributed by atoms with Gasteiger partial charge in [-0.2, -0.15) is 0 Å². The first-order valence-corrected chi connectivity index (χ1v) is 9.30. The maximum Gasteiger partial charge on any atom is 0.271 e. The highest BCUT2D eigenvalue weighted by molar-refractivity contribution is 5.53. The molecule has 1 atom stereocenters. The number of aromatic nitrogens is 2. The summed E-state index contributed by atoms with van der Waals surface area (Å²) in [6.45, 7) is 6.55. The summed E-state index contributed by atoms with van der Waals surface area (Å²) < 4.78 is 11.3. The van der Waals surface area contributed by atoms with E-state index >= 15 is 0 Å². The second-order valence-electron chi connectivity index (χ2n) is 6.98. The molecule has 1 spiro atoms. The molecular weight excluding hydrogens is 342 g/mol. The molecule has 0 bridgehead atoms. The quantitative estimate of drug-likeness (QED) is 0.821. The van der Waals surface area contributed by atoms with Crippen LogP contribution in [0.5, 0.6) is 0 Å². The van der Waals surface area contributed by atoms with Gasteiger partial charge in [-0.15, -0.1) is 0 Å². The van der Waals surface area contributed by atoms with Crippen LogP contribution in [0.25, 0.3) is 0 Å². The normalized spacial score (nSPS) is 20.7. The van der Waals surface area contributed by atoms with Gasteiger partial charge in [0, 0.05) is 30.1 Å². The van der Waals surface area contributed by atoms with Crippen molar-refractivity contribution in [2.24, 2.45) is 0 Å². The van der Waals surface area contributed by atoms with Crippen LogP contribution in [0.3, 0.4) is 0 Å². The summed E-state index contributed by atoms with van der Waals surface area (Å²) >= 11 is 0. The largest absolute Gasteiger partial charge is 0.375 e. The van der Waals surface area contributed by atoms with E-state index in [1.54, 1.807) is 12.4 Å². The maximum atomic E-state index is 12.5. The van der Waals surface area contributed by atoms with Crippen molar-refractivity contribution in [3.05, 3.63) is 57.8 Å². The third-order valence-electron chi connectivity index (χ3n) is 5.40. The number of nitrogens with zero attached hydrogens (tertiary/aromatic N) is 2. The van der Waals surface area contributed by atoms with Gasteiger partial charge < -0.3 is 19.4 Å². The number of hydrogen-bond donors (Lipinski definition) is 1. The van der Waals surface area contributed by atoms with Gasteiger partial charge in [0.15, 0.2) is 0 Å². The minimum atomic E-state index is -0.307. The van der Waals surface area contributed by atoms with E-state index in [0.717, 1.165) is 23.2 Å². The fourth-order valence-corrected chi connectivity index (χ4v) is 3.63. The summed E-state index contributed by atoms with van der Waals surface area (Å²) in [6.07, 6.45) is 4.27. The van der Waals surface area contributed by atoms with Gasteiger partial charge in [-0.1, -0.05) is 18.8 Å². The minimum absolute atomic E-state index is 0.0642. The lowest BCUT2D eigenvalue weighted by Crippen LogP contribution is -2.68. The predicted octanol–water partition coefficient (Wildman–Crippen LogP) is 1.73. The van der Waals surface area contributed by atoms with Crippen LogP contribution in [0, 0.1) is 11.8 Å². The summed E-state index contributed by atoms with van der Waals surface area (Å²) in [4.78, 5) is 21.8. The molecule has 1 unspecified atom stereocenters. The minimum Gasteiger partial charge on any atom is -0.375 e. The smallest absolute Gasteiger partial charge is 0.271 e. The highest BCUT2D eigenvalue weighted by Crippen LogP contribution is 2.34. The van der Waals surface area contributed by atoms with Gasteiger partial charge in [-0.25, -0.2) is 0 Å². The van der Waals surface area contributed by atoms with Crippen molar-refractivity contribution < 1.29 is 9.47 Å². The molecule has 6 nitrogen and oxygen atoms in total. The Morgan fingerprint density at radius 2 is 2.26 bits per heavy atom. The van der Waals surface area contributed by atoms with Gasteiger partial charge in [0.2, 0.25) is 0 Å². The maximum absolute atomic E-state index is 12.5. The molecule has 2 aliphatic rings. The van der Waals surface area contributed by atoms with E-state index in [-0.39, 0.29) is 17.2 Å². The Morgan fingerprint density at radius 1 is 1.41 bits per heavy atom. The van der Waals surface area contributed by atoms with Crippen molar-refractivity contribution in [2.75, 3.05) is 31.3 Å². The van der Waals surface area contributed by atoms with E-state index < -0.39 is 0 Å². The van der Waals surface area contributed by atoms with E-state index in [4.69, 9.17) is 9.47 Å². The molecule has 140 valence electrons. The predicted molar refractivity (Wildman–Crippen MR) is 103 cm³/mol. The van der Waals surface area contributed by atoms with E-state index in [1.165, 1.54) is 0 Å². The molecule has 2 aliphatic heterocycles. The fourth-order valence-electron chi connectivity index (χ4n) is 3.63. The topological polar surface area (TPSA) is 67.5 Å². The second-order valence-corrected chi connectivity index (χ2v) is 6.98. The number of rotatable bonds is 2. The Labute approximate surface area is 158 Å². The molecule has 27 heavy (non-hydrogen) atoms. The van der Waals surface area contributed by atoms with Crippen LogP contribution < -0.4 is 10.5 Å². The lowest BCUT2D eigenvalue weighted by Gasteiger charge is -2.53. The molecule has 4 heterocycles. The molecule has 0 amide bonds. The molecular formula is C21H23N3O3. The zero-order valence-electron chi connectivity index (χ0n) is 15.6. The number of H-pyrrole nitrogens is 1. The zero-order valence-corrected chi connectivity index (χ0v) is 15.6. The van der Waals surface area contributed by atoms with Crippen LogP contribution in [-0.2, 0) is 15.9 Å². The number of nitrogens with one attached hydrogen (secondary N) is 1. The Balaban J connectivity index is 1.65. The molecule has 0 aliphatic carbocycles. The molecule has 6 heteroatoms.